The molecule has 1 aliphatic rings. The summed E-state index contributed by atoms with van der Waals surface area (Å²) in [4.78, 5) is 10.7. The molecule has 6 nitrogen and oxygen atoms in total. The maximum Gasteiger partial charge on any atom is 0.324 e. The maximum absolute atomic E-state index is 11.5. The van der Waals surface area contributed by atoms with Crippen LogP contribution in [-0.2, 0) is 19.6 Å². The van der Waals surface area contributed by atoms with E-state index < -0.39 is 22.0 Å². The van der Waals surface area contributed by atoms with Crippen molar-refractivity contribution >= 4 is 16.0 Å². The summed E-state index contributed by atoms with van der Waals surface area (Å²) in [5.41, 5.74) is 0. The molecular weight excluding hydrogens is 210 g/mol. The fourth-order valence-corrected chi connectivity index (χ4v) is 2.50. The molecule has 0 amide bonds. The molecule has 1 atom stereocenters. The number of aliphatic carboxylic acids is 1. The number of carboxylic acids is 1. The zero-order valence-corrected chi connectivity index (χ0v) is 8.66. The van der Waals surface area contributed by atoms with E-state index in [2.05, 4.69) is 0 Å². The average Bonchev–Trinajstić information content (AvgIpc) is 2.18. The fraction of sp³-hybridized carbons (Fsp3) is 0.857. The van der Waals surface area contributed by atoms with Gasteiger partial charge in [-0.25, -0.2) is 8.42 Å². The maximum atomic E-state index is 11.5. The van der Waals surface area contributed by atoms with Crippen LogP contribution in [-0.4, -0.2) is 55.4 Å². The zero-order chi connectivity index (χ0) is 10.8. The highest BCUT2D eigenvalue weighted by Crippen LogP contribution is 2.12. The predicted molar refractivity (Wildman–Crippen MR) is 48.4 cm³/mol. The number of hydrogen-bond donors (Lipinski definition) is 1. The molecule has 1 rings (SSSR count). The van der Waals surface area contributed by atoms with Crippen LogP contribution in [0.15, 0.2) is 0 Å². The second kappa shape index (κ2) is 4.24. The van der Waals surface area contributed by atoms with Gasteiger partial charge in [-0.15, -0.1) is 0 Å². The van der Waals surface area contributed by atoms with Crippen molar-refractivity contribution in [2.24, 2.45) is 0 Å². The molecule has 0 radical (unpaired) electrons. The molecule has 1 aliphatic heterocycles. The fourth-order valence-electron chi connectivity index (χ4n) is 1.28. The Hall–Kier alpha value is -0.660. The number of sulfonamides is 1. The minimum Gasteiger partial charge on any atom is -0.480 e. The number of rotatable bonds is 3. The van der Waals surface area contributed by atoms with Gasteiger partial charge in [0.25, 0.3) is 0 Å². The Morgan fingerprint density at radius 2 is 2.29 bits per heavy atom. The van der Waals surface area contributed by atoms with E-state index in [0.29, 0.717) is 0 Å². The molecular formula is C7H13NO5S. The second-order valence-electron chi connectivity index (χ2n) is 2.94. The third-order valence-corrected chi connectivity index (χ3v) is 3.97. The van der Waals surface area contributed by atoms with Crippen LogP contribution in [0.25, 0.3) is 0 Å². The number of ether oxygens (including phenoxy) is 1. The Morgan fingerprint density at radius 3 is 2.79 bits per heavy atom. The van der Waals surface area contributed by atoms with Gasteiger partial charge >= 0.3 is 5.97 Å². The van der Waals surface area contributed by atoms with Gasteiger partial charge in [0.2, 0.25) is 10.0 Å². The van der Waals surface area contributed by atoms with Crippen LogP contribution in [0.3, 0.4) is 0 Å². The third kappa shape index (κ3) is 2.23. The first-order valence-electron chi connectivity index (χ1n) is 4.29. The van der Waals surface area contributed by atoms with E-state index in [1.54, 1.807) is 0 Å². The smallest absolute Gasteiger partial charge is 0.324 e. The highest BCUT2D eigenvalue weighted by Gasteiger charge is 2.36. The molecule has 1 fully saturated rings. The first kappa shape index (κ1) is 11.4. The van der Waals surface area contributed by atoms with Crippen LogP contribution in [0.4, 0.5) is 0 Å². The Labute approximate surface area is 82.5 Å². The highest BCUT2D eigenvalue weighted by molar-refractivity contribution is 7.89. The van der Waals surface area contributed by atoms with E-state index in [1.165, 1.54) is 6.92 Å². The van der Waals surface area contributed by atoms with Gasteiger partial charge in [0.1, 0.15) is 6.04 Å². The van der Waals surface area contributed by atoms with Crippen molar-refractivity contribution in [2.75, 3.05) is 25.5 Å². The molecule has 1 N–H and O–H groups in total. The quantitative estimate of drug-likeness (QED) is 0.671. The number of carbonyl (C=O) groups is 1. The summed E-state index contributed by atoms with van der Waals surface area (Å²) < 4.78 is 28.9. The van der Waals surface area contributed by atoms with E-state index in [0.717, 1.165) is 4.31 Å². The molecule has 0 aromatic rings. The van der Waals surface area contributed by atoms with Gasteiger partial charge in [0.15, 0.2) is 0 Å². The number of carboxylic acid groups (broad SMARTS) is 1. The van der Waals surface area contributed by atoms with Crippen molar-refractivity contribution < 1.29 is 23.1 Å². The molecule has 14 heavy (non-hydrogen) atoms. The van der Waals surface area contributed by atoms with Gasteiger partial charge in [-0.1, -0.05) is 0 Å². The molecule has 1 unspecified atom stereocenters. The number of morpholine rings is 1. The van der Waals surface area contributed by atoms with Gasteiger partial charge in [-0.05, 0) is 6.92 Å². The SMILES string of the molecule is CCS(=O)(=O)N1CCOCC1C(=O)O. The lowest BCUT2D eigenvalue weighted by Crippen LogP contribution is -2.52. The van der Waals surface area contributed by atoms with Crippen LogP contribution in [0.2, 0.25) is 0 Å². The van der Waals surface area contributed by atoms with Gasteiger partial charge in [-0.2, -0.15) is 4.31 Å². The molecule has 0 spiro atoms. The molecule has 0 aromatic heterocycles. The van der Waals surface area contributed by atoms with Gasteiger partial charge in [0, 0.05) is 6.54 Å². The van der Waals surface area contributed by atoms with Crippen LogP contribution < -0.4 is 0 Å². The summed E-state index contributed by atoms with van der Waals surface area (Å²) in [5.74, 6) is -1.25. The van der Waals surface area contributed by atoms with E-state index in [4.69, 9.17) is 9.84 Å². The average molecular weight is 223 g/mol. The van der Waals surface area contributed by atoms with Crippen LogP contribution >= 0.6 is 0 Å². The lowest BCUT2D eigenvalue weighted by atomic mass is 10.3. The van der Waals surface area contributed by atoms with Gasteiger partial charge in [-0.3, -0.25) is 4.79 Å². The standard InChI is InChI=1S/C7H13NO5S/c1-2-14(11,12)8-3-4-13-5-6(8)7(9)10/h6H,2-5H2,1H3,(H,9,10). The first-order valence-corrected chi connectivity index (χ1v) is 5.90. The van der Waals surface area contributed by atoms with Gasteiger partial charge < -0.3 is 9.84 Å². The van der Waals surface area contributed by atoms with Gasteiger partial charge in [0.05, 0.1) is 19.0 Å². The summed E-state index contributed by atoms with van der Waals surface area (Å²) in [7, 11) is -3.44. The topological polar surface area (TPSA) is 83.9 Å². The summed E-state index contributed by atoms with van der Waals surface area (Å²) >= 11 is 0. The third-order valence-electron chi connectivity index (χ3n) is 2.09. The predicted octanol–water partition coefficient (Wildman–Crippen LogP) is -0.878. The molecule has 0 saturated carbocycles. The normalized spacial score (nSPS) is 24.8. The lowest BCUT2D eigenvalue weighted by Gasteiger charge is -2.31. The van der Waals surface area contributed by atoms with Crippen LogP contribution in [0.5, 0.6) is 0 Å². The minimum atomic E-state index is -3.44. The van der Waals surface area contributed by atoms with Crippen molar-refractivity contribution in [2.45, 2.75) is 13.0 Å². The summed E-state index contributed by atoms with van der Waals surface area (Å²) in [6, 6.07) is -1.08. The lowest BCUT2D eigenvalue weighted by molar-refractivity contribution is -0.146. The number of nitrogens with zero attached hydrogens (tertiary/aromatic N) is 1. The Balaban J connectivity index is 2.88. The van der Waals surface area contributed by atoms with Crippen molar-refractivity contribution in [3.05, 3.63) is 0 Å². The second-order valence-corrected chi connectivity index (χ2v) is 5.15. The van der Waals surface area contributed by atoms with E-state index >= 15 is 0 Å². The molecule has 0 aliphatic carbocycles. The van der Waals surface area contributed by atoms with Crippen LogP contribution in [0.1, 0.15) is 6.92 Å². The Bertz CT molecular complexity index is 312. The molecule has 1 saturated heterocycles. The zero-order valence-electron chi connectivity index (χ0n) is 7.84. The van der Waals surface area contributed by atoms with E-state index in [9.17, 15) is 13.2 Å². The molecule has 0 aromatic carbocycles. The van der Waals surface area contributed by atoms with Crippen molar-refractivity contribution in [3.63, 3.8) is 0 Å². The van der Waals surface area contributed by atoms with Crippen molar-refractivity contribution in [1.29, 1.82) is 0 Å². The summed E-state index contributed by atoms with van der Waals surface area (Å²) in [6.07, 6.45) is 0. The van der Waals surface area contributed by atoms with Crippen LogP contribution in [0, 0.1) is 0 Å². The first-order chi connectivity index (χ1) is 6.49. The summed E-state index contributed by atoms with van der Waals surface area (Å²) in [5, 5.41) is 8.78. The van der Waals surface area contributed by atoms with Crippen molar-refractivity contribution in [1.82, 2.24) is 4.31 Å². The Morgan fingerprint density at radius 1 is 1.64 bits per heavy atom. The highest BCUT2D eigenvalue weighted by atomic mass is 32.2. The largest absolute Gasteiger partial charge is 0.480 e. The van der Waals surface area contributed by atoms with Crippen molar-refractivity contribution in [3.8, 4) is 0 Å². The summed E-state index contributed by atoms with van der Waals surface area (Å²) in [6.45, 7) is 1.79. The minimum absolute atomic E-state index is 0.0748. The van der Waals surface area contributed by atoms with E-state index in [1.807, 2.05) is 0 Å². The molecule has 0 bridgehead atoms. The molecule has 82 valence electrons. The monoisotopic (exact) mass is 223 g/mol. The molecule has 7 heteroatoms. The Kier molecular flexibility index (Phi) is 3.46. The molecule has 1 heterocycles. The van der Waals surface area contributed by atoms with E-state index in [-0.39, 0.29) is 25.5 Å². The number of hydrogen-bond acceptors (Lipinski definition) is 4.